The smallest absolute Gasteiger partial charge is 0.337 e. The van der Waals surface area contributed by atoms with Gasteiger partial charge in [0.1, 0.15) is 0 Å². The van der Waals surface area contributed by atoms with Crippen LogP contribution in [0.5, 0.6) is 0 Å². The van der Waals surface area contributed by atoms with Crippen molar-refractivity contribution in [2.24, 2.45) is 0 Å². The van der Waals surface area contributed by atoms with Gasteiger partial charge in [-0.05, 0) is 24.6 Å². The Bertz CT molecular complexity index is 658. The van der Waals surface area contributed by atoms with Crippen molar-refractivity contribution in [3.05, 3.63) is 29.8 Å². The van der Waals surface area contributed by atoms with E-state index in [-0.39, 0.29) is 6.54 Å². The lowest BCUT2D eigenvalue weighted by molar-refractivity contribution is -0.116. The van der Waals surface area contributed by atoms with Gasteiger partial charge in [-0.25, -0.2) is 13.2 Å². The number of ether oxygens (including phenoxy) is 1. The minimum atomic E-state index is -3.45. The Kier molecular flexibility index (Phi) is 7.18. The number of nitrogens with one attached hydrogen (secondary N) is 1. The van der Waals surface area contributed by atoms with E-state index in [0.29, 0.717) is 24.2 Å². The van der Waals surface area contributed by atoms with Crippen LogP contribution in [0.15, 0.2) is 24.3 Å². The molecule has 0 bridgehead atoms. The van der Waals surface area contributed by atoms with Crippen molar-refractivity contribution in [2.75, 3.05) is 31.8 Å². The number of benzene rings is 1. The Hall–Kier alpha value is -1.93. The van der Waals surface area contributed by atoms with Crippen LogP contribution >= 0.6 is 0 Å². The van der Waals surface area contributed by atoms with Crippen LogP contribution in [0.4, 0.5) is 5.69 Å². The molecule has 0 saturated heterocycles. The van der Waals surface area contributed by atoms with Crippen LogP contribution in [0.25, 0.3) is 0 Å². The molecule has 23 heavy (non-hydrogen) atoms. The number of sulfonamides is 1. The van der Waals surface area contributed by atoms with Gasteiger partial charge < -0.3 is 10.1 Å². The number of methoxy groups -OCH3 is 1. The molecule has 0 aliphatic heterocycles. The first-order valence-electron chi connectivity index (χ1n) is 7.21. The maximum atomic E-state index is 12.0. The Morgan fingerprint density at radius 2 is 2.00 bits per heavy atom. The summed E-state index contributed by atoms with van der Waals surface area (Å²) in [7, 11) is -2.18. The predicted octanol–water partition coefficient (Wildman–Crippen LogP) is 1.47. The van der Waals surface area contributed by atoms with Crippen LogP contribution in [0.2, 0.25) is 0 Å². The summed E-state index contributed by atoms with van der Waals surface area (Å²) in [4.78, 5) is 23.5. The molecule has 0 aliphatic carbocycles. The lowest BCUT2D eigenvalue weighted by atomic mass is 10.2. The minimum Gasteiger partial charge on any atom is -0.465 e. The summed E-state index contributed by atoms with van der Waals surface area (Å²) in [5.74, 6) is -0.977. The maximum absolute atomic E-state index is 12.0. The molecule has 1 N–H and O–H groups in total. The Balaban J connectivity index is 2.76. The lowest BCUT2D eigenvalue weighted by Crippen LogP contribution is -2.38. The average molecular weight is 342 g/mol. The van der Waals surface area contributed by atoms with Gasteiger partial charge in [0.25, 0.3) is 0 Å². The molecule has 0 aliphatic rings. The largest absolute Gasteiger partial charge is 0.465 e. The summed E-state index contributed by atoms with van der Waals surface area (Å²) in [5, 5.41) is 2.59. The normalized spacial score (nSPS) is 11.3. The molecular formula is C15H22N2O5S. The van der Waals surface area contributed by atoms with Crippen molar-refractivity contribution in [3.8, 4) is 0 Å². The highest BCUT2D eigenvalue weighted by molar-refractivity contribution is 7.88. The van der Waals surface area contributed by atoms with Crippen molar-refractivity contribution in [1.29, 1.82) is 0 Å². The van der Waals surface area contributed by atoms with Gasteiger partial charge in [-0.3, -0.25) is 4.79 Å². The molecule has 1 aromatic carbocycles. The number of nitrogens with zero attached hydrogens (tertiary/aromatic N) is 1. The van der Waals surface area contributed by atoms with Gasteiger partial charge in [-0.1, -0.05) is 19.4 Å². The van der Waals surface area contributed by atoms with Gasteiger partial charge in [0.05, 0.1) is 25.5 Å². The van der Waals surface area contributed by atoms with Crippen molar-refractivity contribution in [1.82, 2.24) is 4.31 Å². The summed E-state index contributed by atoms with van der Waals surface area (Å²) in [5.41, 5.74) is 0.707. The highest BCUT2D eigenvalue weighted by Crippen LogP contribution is 2.12. The van der Waals surface area contributed by atoms with Crippen molar-refractivity contribution in [3.63, 3.8) is 0 Å². The zero-order valence-corrected chi connectivity index (χ0v) is 14.4. The number of anilines is 1. The zero-order valence-electron chi connectivity index (χ0n) is 13.5. The summed E-state index contributed by atoms with van der Waals surface area (Å²) >= 11 is 0. The monoisotopic (exact) mass is 342 g/mol. The van der Waals surface area contributed by atoms with E-state index >= 15 is 0 Å². The quantitative estimate of drug-likeness (QED) is 0.722. The summed E-state index contributed by atoms with van der Waals surface area (Å²) in [6.45, 7) is 1.98. The van der Waals surface area contributed by atoms with E-state index in [9.17, 15) is 18.0 Å². The number of unbranched alkanes of at least 4 members (excludes halogenated alkanes) is 1. The number of amides is 1. The van der Waals surface area contributed by atoms with Crippen LogP contribution < -0.4 is 5.32 Å². The molecule has 7 nitrogen and oxygen atoms in total. The van der Waals surface area contributed by atoms with Crippen molar-refractivity contribution in [2.45, 2.75) is 19.8 Å². The number of rotatable bonds is 8. The number of esters is 1. The SMILES string of the molecule is CCCCN(CC(=O)Nc1cccc(C(=O)OC)c1)S(C)(=O)=O. The second kappa shape index (κ2) is 8.64. The number of carbonyl (C=O) groups excluding carboxylic acids is 2. The molecular weight excluding hydrogens is 320 g/mol. The lowest BCUT2D eigenvalue weighted by Gasteiger charge is -2.19. The van der Waals surface area contributed by atoms with Crippen LogP contribution in [0.1, 0.15) is 30.1 Å². The minimum absolute atomic E-state index is 0.263. The van der Waals surface area contributed by atoms with Gasteiger partial charge in [-0.2, -0.15) is 4.31 Å². The van der Waals surface area contributed by atoms with Gasteiger partial charge in [0.15, 0.2) is 0 Å². The van der Waals surface area contributed by atoms with E-state index in [4.69, 9.17) is 0 Å². The molecule has 1 aromatic rings. The molecule has 1 amide bonds. The standard InChI is InChI=1S/C15H22N2O5S/c1-4-5-9-17(23(3,20)21)11-14(18)16-13-8-6-7-12(10-13)15(19)22-2/h6-8,10H,4-5,9,11H2,1-3H3,(H,16,18). The first kappa shape index (κ1) is 19.1. The maximum Gasteiger partial charge on any atom is 0.337 e. The van der Waals surface area contributed by atoms with Crippen molar-refractivity contribution < 1.29 is 22.7 Å². The van der Waals surface area contributed by atoms with E-state index in [1.165, 1.54) is 13.2 Å². The molecule has 8 heteroatoms. The number of hydrogen-bond donors (Lipinski definition) is 1. The average Bonchev–Trinajstić information content (AvgIpc) is 2.49. The van der Waals surface area contributed by atoms with Crippen molar-refractivity contribution >= 4 is 27.6 Å². The second-order valence-corrected chi connectivity index (χ2v) is 7.05. The number of carbonyl (C=O) groups is 2. The number of hydrogen-bond acceptors (Lipinski definition) is 5. The molecule has 0 fully saturated rings. The Morgan fingerprint density at radius 3 is 2.57 bits per heavy atom. The fourth-order valence-electron chi connectivity index (χ4n) is 1.90. The van der Waals surface area contributed by atoms with Crippen LogP contribution in [0.3, 0.4) is 0 Å². The van der Waals surface area contributed by atoms with E-state index in [2.05, 4.69) is 10.1 Å². The second-order valence-electron chi connectivity index (χ2n) is 5.07. The van der Waals surface area contributed by atoms with Gasteiger partial charge in [0, 0.05) is 12.2 Å². The molecule has 0 aromatic heterocycles. The van der Waals surface area contributed by atoms with Gasteiger partial charge in [0.2, 0.25) is 15.9 Å². The van der Waals surface area contributed by atoms with E-state index in [0.717, 1.165) is 17.0 Å². The highest BCUT2D eigenvalue weighted by Gasteiger charge is 2.19. The summed E-state index contributed by atoms with van der Waals surface area (Å²) < 4.78 is 29.1. The molecule has 128 valence electrons. The zero-order chi connectivity index (χ0) is 17.5. The Morgan fingerprint density at radius 1 is 1.30 bits per heavy atom. The fourth-order valence-corrected chi connectivity index (χ4v) is 2.71. The molecule has 0 radical (unpaired) electrons. The molecule has 0 saturated carbocycles. The first-order valence-corrected chi connectivity index (χ1v) is 9.06. The van der Waals surface area contributed by atoms with Crippen LogP contribution in [0, 0.1) is 0 Å². The molecule has 1 rings (SSSR count). The summed E-state index contributed by atoms with van der Waals surface area (Å²) in [6.07, 6.45) is 2.58. The third-order valence-corrected chi connectivity index (χ3v) is 4.37. The fraction of sp³-hybridized carbons (Fsp3) is 0.467. The topological polar surface area (TPSA) is 92.8 Å². The molecule has 0 heterocycles. The van der Waals surface area contributed by atoms with Gasteiger partial charge >= 0.3 is 5.97 Å². The van der Waals surface area contributed by atoms with Gasteiger partial charge in [-0.15, -0.1) is 0 Å². The third kappa shape index (κ3) is 6.37. The van der Waals surface area contributed by atoms with E-state index < -0.39 is 21.9 Å². The highest BCUT2D eigenvalue weighted by atomic mass is 32.2. The Labute approximate surface area is 136 Å². The molecule has 0 unspecified atom stereocenters. The van der Waals surface area contributed by atoms with Crippen LogP contribution in [-0.4, -0.2) is 51.1 Å². The van der Waals surface area contributed by atoms with Crippen LogP contribution in [-0.2, 0) is 19.6 Å². The molecule has 0 atom stereocenters. The predicted molar refractivity (Wildman–Crippen MR) is 87.7 cm³/mol. The first-order chi connectivity index (χ1) is 10.8. The summed E-state index contributed by atoms with van der Waals surface area (Å²) in [6, 6.07) is 6.25. The van der Waals surface area contributed by atoms with E-state index in [1.54, 1.807) is 18.2 Å². The third-order valence-electron chi connectivity index (χ3n) is 3.12. The van der Waals surface area contributed by atoms with E-state index in [1.807, 2.05) is 6.92 Å². The molecule has 0 spiro atoms.